The second-order valence-corrected chi connectivity index (χ2v) is 8.79. The van der Waals surface area contributed by atoms with Crippen molar-refractivity contribution in [3.8, 4) is 11.8 Å². The molecule has 0 radical (unpaired) electrons. The maximum absolute atomic E-state index is 13.5. The summed E-state index contributed by atoms with van der Waals surface area (Å²) >= 11 is 12.5. The van der Waals surface area contributed by atoms with Crippen LogP contribution in [-0.2, 0) is 12.7 Å². The number of amides is 2. The first kappa shape index (κ1) is 27.6. The number of alkyl halides is 3. The van der Waals surface area contributed by atoms with Crippen LogP contribution in [-0.4, -0.2) is 48.8 Å². The number of anilines is 1. The number of tetrazole rings is 1. The van der Waals surface area contributed by atoms with E-state index in [1.54, 1.807) is 13.0 Å². The van der Waals surface area contributed by atoms with Gasteiger partial charge in [-0.3, -0.25) is 9.59 Å². The zero-order chi connectivity index (χ0) is 28.5. The monoisotopic (exact) mass is 577 g/mol. The highest BCUT2D eigenvalue weighted by Crippen LogP contribution is 2.30. The lowest BCUT2D eigenvalue weighted by molar-refractivity contribution is -0.145. The van der Waals surface area contributed by atoms with Crippen molar-refractivity contribution in [3.05, 3.63) is 80.3 Å². The van der Waals surface area contributed by atoms with E-state index in [0.717, 1.165) is 4.68 Å². The third-order valence-electron chi connectivity index (χ3n) is 5.34. The Balaban J connectivity index is 1.78. The third kappa shape index (κ3) is 5.69. The summed E-state index contributed by atoms with van der Waals surface area (Å²) in [5.74, 6) is -2.73. The lowest BCUT2D eigenvalue weighted by Crippen LogP contribution is -2.23. The highest BCUT2D eigenvalue weighted by Gasteiger charge is 2.37. The first-order valence-electron chi connectivity index (χ1n) is 10.9. The average Bonchev–Trinajstić information content (AvgIpc) is 3.54. The van der Waals surface area contributed by atoms with Crippen molar-refractivity contribution >= 4 is 40.7 Å². The molecule has 0 unspecified atom stereocenters. The lowest BCUT2D eigenvalue weighted by Gasteiger charge is -2.15. The van der Waals surface area contributed by atoms with Gasteiger partial charge in [-0.25, -0.2) is 4.68 Å². The molecule has 4 aromatic rings. The average molecular weight is 578 g/mol. The van der Waals surface area contributed by atoms with Gasteiger partial charge < -0.3 is 10.6 Å². The second kappa shape index (κ2) is 10.7. The number of aryl methyl sites for hydroxylation is 1. The minimum atomic E-state index is -4.79. The minimum Gasteiger partial charge on any atom is -0.355 e. The van der Waals surface area contributed by atoms with E-state index in [9.17, 15) is 28.0 Å². The van der Waals surface area contributed by atoms with Crippen LogP contribution in [0.5, 0.6) is 0 Å². The second-order valence-electron chi connectivity index (χ2n) is 8.01. The number of nitrogens with one attached hydrogen (secondary N) is 2. The Hall–Kier alpha value is -4.48. The number of hydrogen-bond acceptors (Lipinski definition) is 7. The SMILES string of the molecule is CNC(=O)c1cc(C#N)cc(C)c1NC(=O)c1cc(Cn2nnc(C(F)(F)F)n2)nn1-c1cccc(Cl)c1Cl. The smallest absolute Gasteiger partial charge is 0.355 e. The highest BCUT2D eigenvalue weighted by atomic mass is 35.5. The first-order valence-corrected chi connectivity index (χ1v) is 11.6. The Morgan fingerprint density at radius 2 is 1.87 bits per heavy atom. The molecule has 2 amide bonds. The van der Waals surface area contributed by atoms with Gasteiger partial charge in [0.1, 0.15) is 12.2 Å². The number of nitrogens with zero attached hydrogens (tertiary/aromatic N) is 7. The Labute approximate surface area is 228 Å². The molecule has 0 atom stereocenters. The fourth-order valence-electron chi connectivity index (χ4n) is 3.59. The standard InChI is InChI=1S/C23H16Cl2F3N9O2/c1-11-6-12(9-29)7-14(20(38)30-2)19(11)31-21(39)17-8-13(10-36-34-22(32-35-36)23(26,27)28)33-37(17)16-5-3-4-15(24)18(16)25/h3-8H,10H2,1-2H3,(H,30,38)(H,31,39). The number of carbonyl (C=O) groups is 2. The van der Waals surface area contributed by atoms with Crippen molar-refractivity contribution in [1.29, 1.82) is 5.26 Å². The Kier molecular flexibility index (Phi) is 7.57. The van der Waals surface area contributed by atoms with Crippen LogP contribution < -0.4 is 10.6 Å². The number of aromatic nitrogens is 6. The number of nitriles is 1. The quantitative estimate of drug-likeness (QED) is 0.352. The molecule has 200 valence electrons. The van der Waals surface area contributed by atoms with Crippen LogP contribution in [0.4, 0.5) is 18.9 Å². The van der Waals surface area contributed by atoms with Crippen LogP contribution in [0.1, 0.15) is 43.5 Å². The zero-order valence-corrected chi connectivity index (χ0v) is 21.5. The number of hydrogen-bond donors (Lipinski definition) is 2. The van der Waals surface area contributed by atoms with Gasteiger partial charge in [0.25, 0.3) is 17.6 Å². The Bertz CT molecular complexity index is 1640. The number of benzene rings is 2. The number of rotatable bonds is 6. The van der Waals surface area contributed by atoms with Gasteiger partial charge in [-0.1, -0.05) is 29.3 Å². The normalized spacial score (nSPS) is 11.2. The molecular weight excluding hydrogens is 562 g/mol. The fourth-order valence-corrected chi connectivity index (χ4v) is 3.96. The highest BCUT2D eigenvalue weighted by molar-refractivity contribution is 6.43. The molecule has 39 heavy (non-hydrogen) atoms. The van der Waals surface area contributed by atoms with E-state index in [1.807, 2.05) is 6.07 Å². The summed E-state index contributed by atoms with van der Waals surface area (Å²) in [7, 11) is 1.40. The first-order chi connectivity index (χ1) is 18.4. The molecule has 0 saturated heterocycles. The van der Waals surface area contributed by atoms with Gasteiger partial charge in [-0.2, -0.15) is 28.3 Å². The number of carbonyl (C=O) groups excluding carboxylic acids is 2. The van der Waals surface area contributed by atoms with Crippen LogP contribution in [0, 0.1) is 18.3 Å². The molecule has 2 aromatic carbocycles. The van der Waals surface area contributed by atoms with Gasteiger partial charge in [-0.05, 0) is 48.0 Å². The van der Waals surface area contributed by atoms with E-state index in [4.69, 9.17) is 23.2 Å². The van der Waals surface area contributed by atoms with E-state index in [-0.39, 0.29) is 50.5 Å². The third-order valence-corrected chi connectivity index (χ3v) is 6.15. The van der Waals surface area contributed by atoms with E-state index in [2.05, 4.69) is 31.1 Å². The molecule has 0 bridgehead atoms. The molecule has 0 aliphatic rings. The van der Waals surface area contributed by atoms with Crippen LogP contribution in [0.3, 0.4) is 0 Å². The minimum absolute atomic E-state index is 0.0426. The van der Waals surface area contributed by atoms with Crippen molar-refractivity contribution < 1.29 is 22.8 Å². The van der Waals surface area contributed by atoms with Gasteiger partial charge in [0.15, 0.2) is 0 Å². The molecule has 2 aromatic heterocycles. The molecule has 2 N–H and O–H groups in total. The van der Waals surface area contributed by atoms with E-state index in [0.29, 0.717) is 10.4 Å². The van der Waals surface area contributed by atoms with E-state index >= 15 is 0 Å². The molecule has 0 fully saturated rings. The molecule has 0 spiro atoms. The van der Waals surface area contributed by atoms with Gasteiger partial charge in [0.2, 0.25) is 0 Å². The zero-order valence-electron chi connectivity index (χ0n) is 20.0. The van der Waals surface area contributed by atoms with Crippen molar-refractivity contribution in [2.45, 2.75) is 19.6 Å². The van der Waals surface area contributed by atoms with Crippen LogP contribution >= 0.6 is 23.2 Å². The van der Waals surface area contributed by atoms with Crippen molar-refractivity contribution in [2.24, 2.45) is 0 Å². The molecular formula is C23H16Cl2F3N9O2. The topological polar surface area (TPSA) is 143 Å². The van der Waals surface area contributed by atoms with E-state index in [1.165, 1.54) is 37.4 Å². The van der Waals surface area contributed by atoms with Crippen LogP contribution in [0.2, 0.25) is 10.0 Å². The van der Waals surface area contributed by atoms with Gasteiger partial charge in [0.05, 0.1) is 44.3 Å². The fraction of sp³-hybridized carbons (Fsp3) is 0.174. The van der Waals surface area contributed by atoms with Crippen molar-refractivity contribution in [2.75, 3.05) is 12.4 Å². The lowest BCUT2D eigenvalue weighted by atomic mass is 10.0. The summed E-state index contributed by atoms with van der Waals surface area (Å²) in [6, 6.07) is 10.7. The molecule has 2 heterocycles. The molecule has 0 saturated carbocycles. The van der Waals surface area contributed by atoms with Crippen LogP contribution in [0.25, 0.3) is 5.69 Å². The van der Waals surface area contributed by atoms with Crippen LogP contribution in [0.15, 0.2) is 36.4 Å². The maximum atomic E-state index is 13.5. The molecule has 4 rings (SSSR count). The summed E-state index contributed by atoms with van der Waals surface area (Å²) in [5.41, 5.74) is 1.01. The summed E-state index contributed by atoms with van der Waals surface area (Å²) in [4.78, 5) is 26.7. The van der Waals surface area contributed by atoms with Gasteiger partial charge in [0, 0.05) is 7.05 Å². The molecule has 11 nitrogen and oxygen atoms in total. The summed E-state index contributed by atoms with van der Waals surface area (Å²) in [6.45, 7) is 1.24. The molecule has 0 aliphatic carbocycles. The summed E-state index contributed by atoms with van der Waals surface area (Å²) in [5, 5.41) is 28.6. The maximum Gasteiger partial charge on any atom is 0.455 e. The largest absolute Gasteiger partial charge is 0.455 e. The Morgan fingerprint density at radius 1 is 1.13 bits per heavy atom. The van der Waals surface area contributed by atoms with E-state index < -0.39 is 23.8 Å². The molecule has 16 heteroatoms. The number of halogens is 5. The predicted molar refractivity (Wildman–Crippen MR) is 133 cm³/mol. The van der Waals surface area contributed by atoms with Crippen molar-refractivity contribution in [1.82, 2.24) is 35.3 Å². The van der Waals surface area contributed by atoms with Gasteiger partial charge >= 0.3 is 6.18 Å². The van der Waals surface area contributed by atoms with Crippen molar-refractivity contribution in [3.63, 3.8) is 0 Å². The summed E-state index contributed by atoms with van der Waals surface area (Å²) < 4.78 is 39.8. The summed E-state index contributed by atoms with van der Waals surface area (Å²) in [6.07, 6.45) is -4.79. The molecule has 0 aliphatic heterocycles. The Morgan fingerprint density at radius 3 is 2.51 bits per heavy atom. The van der Waals surface area contributed by atoms with Gasteiger partial charge in [-0.15, -0.1) is 10.2 Å². The predicted octanol–water partition coefficient (Wildman–Crippen LogP) is 4.02.